The molecule has 2 rings (SSSR count). The molecule has 4 unspecified atom stereocenters. The van der Waals surface area contributed by atoms with E-state index in [2.05, 4.69) is 25.7 Å². The summed E-state index contributed by atoms with van der Waals surface area (Å²) in [7, 11) is 0. The van der Waals surface area contributed by atoms with Gasteiger partial charge in [0.1, 0.15) is 0 Å². The van der Waals surface area contributed by atoms with Crippen molar-refractivity contribution >= 4 is 0 Å². The first-order valence-corrected chi connectivity index (χ1v) is 8.15. The third kappa shape index (κ3) is 3.93. The van der Waals surface area contributed by atoms with Crippen LogP contribution in [0.1, 0.15) is 52.9 Å². The molecule has 1 aliphatic heterocycles. The first-order valence-electron chi connectivity index (χ1n) is 8.15. The maximum atomic E-state index is 10.4. The van der Waals surface area contributed by atoms with Crippen LogP contribution >= 0.6 is 0 Å². The molecule has 1 heterocycles. The highest BCUT2D eigenvalue weighted by Crippen LogP contribution is 2.33. The Labute approximate surface area is 118 Å². The van der Waals surface area contributed by atoms with E-state index in [1.165, 1.54) is 19.3 Å². The van der Waals surface area contributed by atoms with Crippen molar-refractivity contribution < 1.29 is 9.84 Å². The summed E-state index contributed by atoms with van der Waals surface area (Å²) in [6.45, 7) is 9.78. The quantitative estimate of drug-likeness (QED) is 0.833. The van der Waals surface area contributed by atoms with E-state index in [-0.39, 0.29) is 6.10 Å². The van der Waals surface area contributed by atoms with Gasteiger partial charge in [0.25, 0.3) is 0 Å². The predicted octanol–water partition coefficient (Wildman–Crippen LogP) is 2.67. The Kier molecular flexibility index (Phi) is 5.67. The fourth-order valence-corrected chi connectivity index (χ4v) is 3.71. The smallest absolute Gasteiger partial charge is 0.0702 e. The number of hydrogen-bond acceptors (Lipinski definition) is 3. The molecular formula is C16H31NO2. The molecule has 3 heteroatoms. The number of nitrogens with zero attached hydrogens (tertiary/aromatic N) is 1. The molecule has 1 aliphatic carbocycles. The van der Waals surface area contributed by atoms with Crippen molar-refractivity contribution in [3.63, 3.8) is 0 Å². The lowest BCUT2D eigenvalue weighted by molar-refractivity contribution is -0.0232. The second kappa shape index (κ2) is 7.05. The molecule has 112 valence electrons. The lowest BCUT2D eigenvalue weighted by Gasteiger charge is -2.42. The molecule has 19 heavy (non-hydrogen) atoms. The van der Waals surface area contributed by atoms with E-state index in [0.29, 0.717) is 12.1 Å². The topological polar surface area (TPSA) is 32.7 Å². The number of likely N-dealkylation sites (N-methyl/N-ethyl adjacent to an activating group) is 1. The van der Waals surface area contributed by atoms with Gasteiger partial charge in [-0.05, 0) is 50.5 Å². The molecule has 1 saturated heterocycles. The van der Waals surface area contributed by atoms with Crippen LogP contribution in [0.25, 0.3) is 0 Å². The zero-order chi connectivity index (χ0) is 13.8. The van der Waals surface area contributed by atoms with Gasteiger partial charge in [-0.15, -0.1) is 0 Å². The van der Waals surface area contributed by atoms with Crippen molar-refractivity contribution in [2.45, 2.75) is 71.1 Å². The van der Waals surface area contributed by atoms with Crippen LogP contribution in [0.3, 0.4) is 0 Å². The predicted molar refractivity (Wildman–Crippen MR) is 78.2 cm³/mol. The Balaban J connectivity index is 1.94. The van der Waals surface area contributed by atoms with E-state index >= 15 is 0 Å². The van der Waals surface area contributed by atoms with Gasteiger partial charge in [0, 0.05) is 19.2 Å². The summed E-state index contributed by atoms with van der Waals surface area (Å²) in [4.78, 5) is 2.47. The van der Waals surface area contributed by atoms with Gasteiger partial charge in [-0.2, -0.15) is 0 Å². The lowest BCUT2D eigenvalue weighted by Crippen LogP contribution is -2.50. The van der Waals surface area contributed by atoms with Gasteiger partial charge in [-0.25, -0.2) is 0 Å². The third-order valence-corrected chi connectivity index (χ3v) is 5.10. The average Bonchev–Trinajstić information content (AvgIpc) is 2.89. The van der Waals surface area contributed by atoms with Crippen molar-refractivity contribution in [1.82, 2.24) is 4.90 Å². The molecule has 0 bridgehead atoms. The number of hydrogen-bond donors (Lipinski definition) is 1. The van der Waals surface area contributed by atoms with E-state index < -0.39 is 0 Å². The van der Waals surface area contributed by atoms with Crippen molar-refractivity contribution in [1.29, 1.82) is 0 Å². The number of rotatable bonds is 5. The normalized spacial score (nSPS) is 36.3. The number of aliphatic hydroxyl groups is 1. The minimum absolute atomic E-state index is 0.142. The van der Waals surface area contributed by atoms with Crippen LogP contribution in [0.5, 0.6) is 0 Å². The summed E-state index contributed by atoms with van der Waals surface area (Å²) < 4.78 is 5.76. The molecule has 2 fully saturated rings. The highest BCUT2D eigenvalue weighted by Gasteiger charge is 2.35. The summed E-state index contributed by atoms with van der Waals surface area (Å²) in [5, 5.41) is 10.4. The van der Waals surface area contributed by atoms with Crippen LogP contribution in [0.4, 0.5) is 0 Å². The molecule has 1 N–H and O–H groups in total. The second-order valence-corrected chi connectivity index (χ2v) is 6.67. The Hall–Kier alpha value is -0.120. The zero-order valence-corrected chi connectivity index (χ0v) is 12.8. The summed E-state index contributed by atoms with van der Waals surface area (Å²) in [6, 6.07) is 0.343. The van der Waals surface area contributed by atoms with Gasteiger partial charge in [0.15, 0.2) is 0 Å². The Morgan fingerprint density at radius 1 is 1.26 bits per heavy atom. The van der Waals surface area contributed by atoms with Crippen LogP contribution in [-0.2, 0) is 4.74 Å². The van der Waals surface area contributed by atoms with Crippen molar-refractivity contribution in [3.8, 4) is 0 Å². The van der Waals surface area contributed by atoms with Crippen LogP contribution in [0, 0.1) is 11.8 Å². The van der Waals surface area contributed by atoms with Crippen molar-refractivity contribution in [2.24, 2.45) is 11.8 Å². The number of ether oxygens (including phenoxy) is 1. The van der Waals surface area contributed by atoms with Crippen LogP contribution in [-0.4, -0.2) is 48.0 Å². The van der Waals surface area contributed by atoms with Gasteiger partial charge in [0.05, 0.1) is 12.2 Å². The zero-order valence-electron chi connectivity index (χ0n) is 12.8. The highest BCUT2D eigenvalue weighted by atomic mass is 16.5. The molecular weight excluding hydrogens is 238 g/mol. The van der Waals surface area contributed by atoms with E-state index in [1.54, 1.807) is 0 Å². The van der Waals surface area contributed by atoms with Crippen LogP contribution < -0.4 is 0 Å². The largest absolute Gasteiger partial charge is 0.391 e. The highest BCUT2D eigenvalue weighted by molar-refractivity contribution is 4.88. The van der Waals surface area contributed by atoms with Gasteiger partial charge < -0.3 is 9.84 Å². The van der Waals surface area contributed by atoms with Crippen molar-refractivity contribution in [2.75, 3.05) is 19.7 Å². The fourth-order valence-electron chi connectivity index (χ4n) is 3.71. The Morgan fingerprint density at radius 2 is 2.05 bits per heavy atom. The molecule has 0 aromatic heterocycles. The molecule has 4 atom stereocenters. The number of aliphatic hydroxyl groups excluding tert-OH is 1. The lowest BCUT2D eigenvalue weighted by atomic mass is 9.77. The van der Waals surface area contributed by atoms with Gasteiger partial charge >= 0.3 is 0 Å². The molecule has 0 spiro atoms. The van der Waals surface area contributed by atoms with Crippen LogP contribution in [0.15, 0.2) is 0 Å². The Bertz CT molecular complexity index is 263. The summed E-state index contributed by atoms with van der Waals surface area (Å²) in [5.41, 5.74) is 0. The monoisotopic (exact) mass is 269 g/mol. The molecule has 3 nitrogen and oxygen atoms in total. The molecule has 0 amide bonds. The minimum Gasteiger partial charge on any atom is -0.391 e. The molecule has 1 saturated carbocycles. The third-order valence-electron chi connectivity index (χ3n) is 5.10. The second-order valence-electron chi connectivity index (χ2n) is 6.67. The maximum Gasteiger partial charge on any atom is 0.0702 e. The standard InChI is InChI=1S/C16H31NO2/c1-4-17(11-14-6-5-9-19-14)15-10-13(12(2)3)7-8-16(15)18/h12-16,18H,4-11H2,1-3H3. The van der Waals surface area contributed by atoms with E-state index in [4.69, 9.17) is 4.74 Å². The average molecular weight is 269 g/mol. The summed E-state index contributed by atoms with van der Waals surface area (Å²) >= 11 is 0. The molecule has 0 aromatic rings. The van der Waals surface area contributed by atoms with Gasteiger partial charge in [-0.3, -0.25) is 4.90 Å². The summed E-state index contributed by atoms with van der Waals surface area (Å²) in [6.07, 6.45) is 5.95. The van der Waals surface area contributed by atoms with E-state index in [9.17, 15) is 5.11 Å². The SMILES string of the molecule is CCN(CC1CCCO1)C1CC(C(C)C)CCC1O. The Morgan fingerprint density at radius 3 is 2.63 bits per heavy atom. The van der Waals surface area contributed by atoms with Gasteiger partial charge in [0.2, 0.25) is 0 Å². The molecule has 0 aromatic carbocycles. The first-order chi connectivity index (χ1) is 9.11. The molecule has 2 aliphatic rings. The fraction of sp³-hybridized carbons (Fsp3) is 1.00. The van der Waals surface area contributed by atoms with E-state index in [1.807, 2.05) is 0 Å². The maximum absolute atomic E-state index is 10.4. The molecule has 0 radical (unpaired) electrons. The van der Waals surface area contributed by atoms with Gasteiger partial charge in [-0.1, -0.05) is 20.8 Å². The minimum atomic E-state index is -0.142. The summed E-state index contributed by atoms with van der Waals surface area (Å²) in [5.74, 6) is 1.50. The van der Waals surface area contributed by atoms with E-state index in [0.717, 1.165) is 44.4 Å². The van der Waals surface area contributed by atoms with Crippen LogP contribution in [0.2, 0.25) is 0 Å². The first kappa shape index (κ1) is 15.3. The van der Waals surface area contributed by atoms with Crippen molar-refractivity contribution in [3.05, 3.63) is 0 Å².